The van der Waals surface area contributed by atoms with Gasteiger partial charge in [-0.25, -0.2) is 4.39 Å². The highest BCUT2D eigenvalue weighted by molar-refractivity contribution is 6.28. The molecule has 0 amide bonds. The first-order valence-corrected chi connectivity index (χ1v) is 9.74. The molecular formula is C25H17FN2O2. The van der Waals surface area contributed by atoms with Gasteiger partial charge in [0, 0.05) is 17.0 Å². The number of rotatable bonds is 3. The predicted molar refractivity (Wildman–Crippen MR) is 110 cm³/mol. The van der Waals surface area contributed by atoms with Crippen LogP contribution in [0.15, 0.2) is 101 Å². The molecule has 0 N–H and O–H groups in total. The van der Waals surface area contributed by atoms with Crippen LogP contribution in [0.3, 0.4) is 0 Å². The number of hydrogen-bond donors (Lipinski definition) is 0. The number of nitrogens with zero attached hydrogens (tertiary/aromatic N) is 2. The minimum atomic E-state index is -0.966. The van der Waals surface area contributed by atoms with Gasteiger partial charge < -0.3 is 0 Å². The lowest BCUT2D eigenvalue weighted by Gasteiger charge is -2.26. The van der Waals surface area contributed by atoms with E-state index in [4.69, 9.17) is 0 Å². The predicted octanol–water partition coefficient (Wildman–Crippen LogP) is 5.70. The van der Waals surface area contributed by atoms with E-state index in [9.17, 15) is 14.0 Å². The summed E-state index contributed by atoms with van der Waals surface area (Å²) < 4.78 is 13.4. The molecule has 1 aliphatic carbocycles. The third kappa shape index (κ3) is 2.99. The van der Waals surface area contributed by atoms with Crippen LogP contribution in [-0.2, 0) is 0 Å². The van der Waals surface area contributed by atoms with Gasteiger partial charge in [-0.05, 0) is 29.3 Å². The highest BCUT2D eigenvalue weighted by atomic mass is 19.1. The van der Waals surface area contributed by atoms with E-state index in [2.05, 4.69) is 10.2 Å². The summed E-state index contributed by atoms with van der Waals surface area (Å²) in [5.74, 6) is -2.00. The molecular weight excluding hydrogens is 379 g/mol. The van der Waals surface area contributed by atoms with Crippen molar-refractivity contribution >= 4 is 11.6 Å². The van der Waals surface area contributed by atoms with Crippen LogP contribution in [0.25, 0.3) is 0 Å². The summed E-state index contributed by atoms with van der Waals surface area (Å²) in [7, 11) is 0. The molecule has 5 rings (SSSR count). The van der Waals surface area contributed by atoms with Gasteiger partial charge in [0.15, 0.2) is 11.6 Å². The average molecular weight is 396 g/mol. The van der Waals surface area contributed by atoms with Gasteiger partial charge in [0.25, 0.3) is 0 Å². The van der Waals surface area contributed by atoms with Crippen molar-refractivity contribution in [3.05, 3.63) is 119 Å². The summed E-state index contributed by atoms with van der Waals surface area (Å²) in [6.45, 7) is 0. The molecule has 146 valence electrons. The van der Waals surface area contributed by atoms with Crippen LogP contribution in [-0.4, -0.2) is 11.6 Å². The second kappa shape index (κ2) is 7.26. The third-order valence-electron chi connectivity index (χ3n) is 5.66. The fourth-order valence-electron chi connectivity index (χ4n) is 4.16. The van der Waals surface area contributed by atoms with E-state index in [0.717, 1.165) is 11.1 Å². The zero-order valence-corrected chi connectivity index (χ0v) is 15.9. The lowest BCUT2D eigenvalue weighted by Crippen LogP contribution is -2.21. The molecule has 3 aromatic carbocycles. The Labute approximate surface area is 172 Å². The Kier molecular flexibility index (Phi) is 4.43. The largest absolute Gasteiger partial charge is 0.293 e. The fraction of sp³-hybridized carbons (Fsp3) is 0.120. The standard InChI is InChI=1S/C25H17FN2O2/c26-17-12-10-16(11-13-17)23-20(15-6-2-1-3-7-15)14-21(27-28-23)22-24(29)18-8-4-5-9-19(18)25(22)30/h1-14,20,22-23H. The van der Waals surface area contributed by atoms with Crippen molar-refractivity contribution in [1.29, 1.82) is 0 Å². The average Bonchev–Trinajstić information content (AvgIpc) is 3.05. The van der Waals surface area contributed by atoms with Gasteiger partial charge in [-0.2, -0.15) is 10.2 Å². The number of halogens is 1. The smallest absolute Gasteiger partial charge is 0.180 e. The Bertz CT molecular complexity index is 1160. The van der Waals surface area contributed by atoms with E-state index < -0.39 is 5.92 Å². The number of allylic oxidation sites excluding steroid dienone is 1. The molecule has 4 nitrogen and oxygen atoms in total. The molecule has 0 aromatic heterocycles. The van der Waals surface area contributed by atoms with Crippen molar-refractivity contribution in [3.8, 4) is 0 Å². The van der Waals surface area contributed by atoms with Crippen molar-refractivity contribution in [1.82, 2.24) is 0 Å². The Hall–Kier alpha value is -3.73. The van der Waals surface area contributed by atoms with E-state index in [-0.39, 0.29) is 29.3 Å². The van der Waals surface area contributed by atoms with Crippen LogP contribution >= 0.6 is 0 Å². The number of carbonyl (C=O) groups is 2. The summed E-state index contributed by atoms with van der Waals surface area (Å²) in [5.41, 5.74) is 3.03. The monoisotopic (exact) mass is 396 g/mol. The molecule has 1 heterocycles. The first-order chi connectivity index (χ1) is 14.6. The molecule has 0 fully saturated rings. The molecule has 1 aliphatic heterocycles. The summed E-state index contributed by atoms with van der Waals surface area (Å²) in [4.78, 5) is 25.9. The Morgan fingerprint density at radius 3 is 1.93 bits per heavy atom. The first kappa shape index (κ1) is 18.3. The highest BCUT2D eigenvalue weighted by Gasteiger charge is 2.42. The lowest BCUT2D eigenvalue weighted by atomic mass is 9.84. The summed E-state index contributed by atoms with van der Waals surface area (Å²) >= 11 is 0. The minimum absolute atomic E-state index is 0.228. The molecule has 30 heavy (non-hydrogen) atoms. The molecule has 2 unspecified atom stereocenters. The van der Waals surface area contributed by atoms with Crippen molar-refractivity contribution < 1.29 is 14.0 Å². The normalized spacial score (nSPS) is 20.9. The van der Waals surface area contributed by atoms with Crippen LogP contribution in [0.5, 0.6) is 0 Å². The number of fused-ring (bicyclic) bond motifs is 1. The van der Waals surface area contributed by atoms with E-state index in [1.54, 1.807) is 36.4 Å². The van der Waals surface area contributed by atoms with Gasteiger partial charge in [0.2, 0.25) is 0 Å². The molecule has 0 spiro atoms. The number of hydrogen-bond acceptors (Lipinski definition) is 4. The van der Waals surface area contributed by atoms with Gasteiger partial charge in [-0.3, -0.25) is 9.59 Å². The quantitative estimate of drug-likeness (QED) is 0.534. The fourth-order valence-corrected chi connectivity index (χ4v) is 4.16. The molecule has 0 radical (unpaired) electrons. The van der Waals surface area contributed by atoms with Crippen LogP contribution in [0.1, 0.15) is 43.8 Å². The first-order valence-electron chi connectivity index (χ1n) is 9.74. The highest BCUT2D eigenvalue weighted by Crippen LogP contribution is 2.43. The van der Waals surface area contributed by atoms with Gasteiger partial charge >= 0.3 is 0 Å². The van der Waals surface area contributed by atoms with Gasteiger partial charge in [0.1, 0.15) is 17.8 Å². The second-order valence-corrected chi connectivity index (χ2v) is 7.45. The summed E-state index contributed by atoms with van der Waals surface area (Å²) in [6, 6.07) is 22.4. The van der Waals surface area contributed by atoms with E-state index >= 15 is 0 Å². The minimum Gasteiger partial charge on any atom is -0.293 e. The zero-order chi connectivity index (χ0) is 20.7. The number of carbonyl (C=O) groups excluding carboxylic acids is 2. The van der Waals surface area contributed by atoms with Crippen molar-refractivity contribution in [2.45, 2.75) is 12.0 Å². The van der Waals surface area contributed by atoms with Crippen molar-refractivity contribution in [2.24, 2.45) is 16.1 Å². The Morgan fingerprint density at radius 2 is 1.30 bits per heavy atom. The number of benzene rings is 3. The number of azo groups is 1. The lowest BCUT2D eigenvalue weighted by molar-refractivity contribution is 0.0861. The molecule has 2 atom stereocenters. The summed E-state index contributed by atoms with van der Waals surface area (Å²) in [6.07, 6.45) is 1.86. The van der Waals surface area contributed by atoms with Crippen molar-refractivity contribution in [3.63, 3.8) is 0 Å². The number of Topliss-reactive ketones (excluding diaryl/α,β-unsaturated/α-hetero) is 2. The summed E-state index contributed by atoms with van der Waals surface area (Å²) in [5, 5.41) is 8.78. The second-order valence-electron chi connectivity index (χ2n) is 7.45. The van der Waals surface area contributed by atoms with E-state index in [1.807, 2.05) is 36.4 Å². The van der Waals surface area contributed by atoms with Crippen LogP contribution < -0.4 is 0 Å². The maximum absolute atomic E-state index is 13.4. The SMILES string of the molecule is O=C1c2ccccc2C(=O)C1C1=CC(c2ccccc2)C(c2ccc(F)cc2)N=N1. The number of ketones is 2. The molecule has 0 bridgehead atoms. The topological polar surface area (TPSA) is 58.9 Å². The molecule has 0 saturated carbocycles. The van der Waals surface area contributed by atoms with Gasteiger partial charge in [-0.1, -0.05) is 66.7 Å². The molecule has 5 heteroatoms. The van der Waals surface area contributed by atoms with E-state index in [1.165, 1.54) is 12.1 Å². The van der Waals surface area contributed by atoms with E-state index in [0.29, 0.717) is 16.8 Å². The van der Waals surface area contributed by atoms with Crippen LogP contribution in [0.2, 0.25) is 0 Å². The Morgan fingerprint density at radius 1 is 0.700 bits per heavy atom. The van der Waals surface area contributed by atoms with Gasteiger partial charge in [0.05, 0.1) is 5.70 Å². The van der Waals surface area contributed by atoms with Crippen LogP contribution in [0.4, 0.5) is 4.39 Å². The Balaban J connectivity index is 1.57. The maximum Gasteiger partial charge on any atom is 0.180 e. The third-order valence-corrected chi connectivity index (χ3v) is 5.66. The molecule has 2 aliphatic rings. The van der Waals surface area contributed by atoms with Crippen LogP contribution in [0, 0.1) is 11.7 Å². The zero-order valence-electron chi connectivity index (χ0n) is 15.9. The maximum atomic E-state index is 13.4. The molecule has 3 aromatic rings. The van der Waals surface area contributed by atoms with Gasteiger partial charge in [-0.15, -0.1) is 0 Å². The molecule has 0 saturated heterocycles. The van der Waals surface area contributed by atoms with Crippen molar-refractivity contribution in [2.75, 3.05) is 0 Å².